The van der Waals surface area contributed by atoms with Gasteiger partial charge in [-0.1, -0.05) is 65.4 Å². The zero-order chi connectivity index (χ0) is 28.5. The summed E-state index contributed by atoms with van der Waals surface area (Å²) in [5.41, 5.74) is 2.64. The number of aliphatic hydroxyl groups excluding tert-OH is 1. The number of aromatic nitrogens is 1. The molecule has 1 N–H and O–H groups in total. The Hall–Kier alpha value is -4.66. The molecule has 41 heavy (non-hydrogen) atoms. The minimum absolute atomic E-state index is 0.0351. The summed E-state index contributed by atoms with van der Waals surface area (Å²) in [6.45, 7) is 0.393. The zero-order valence-corrected chi connectivity index (χ0v) is 23.4. The van der Waals surface area contributed by atoms with Gasteiger partial charge in [0.25, 0.3) is 5.78 Å². The number of fused-ring (bicyclic) bond motifs is 1. The SMILES string of the molecule is COc1ccc2nc(N3C(=O)C(=O)C(=C(O)c4ccc(Cl)cc4)C3c3ccc(OCc4ccccc4)cc3)sc2c1. The number of ketones is 1. The van der Waals surface area contributed by atoms with E-state index in [1.807, 2.05) is 36.4 Å². The van der Waals surface area contributed by atoms with Crippen molar-refractivity contribution in [3.8, 4) is 11.5 Å². The third-order valence-electron chi connectivity index (χ3n) is 6.80. The molecule has 0 spiro atoms. The molecule has 5 aromatic rings. The number of methoxy groups -OCH3 is 1. The van der Waals surface area contributed by atoms with Gasteiger partial charge in [0, 0.05) is 10.6 Å². The molecule has 1 unspecified atom stereocenters. The molecule has 4 aromatic carbocycles. The average Bonchev–Trinajstić information content (AvgIpc) is 3.54. The van der Waals surface area contributed by atoms with Gasteiger partial charge < -0.3 is 14.6 Å². The number of aliphatic hydroxyl groups is 1. The number of carbonyl (C=O) groups excluding carboxylic acids is 2. The van der Waals surface area contributed by atoms with Gasteiger partial charge in [-0.3, -0.25) is 14.5 Å². The van der Waals surface area contributed by atoms with Crippen LogP contribution in [0.1, 0.15) is 22.7 Å². The molecule has 1 fully saturated rings. The highest BCUT2D eigenvalue weighted by Crippen LogP contribution is 2.45. The van der Waals surface area contributed by atoms with Crippen molar-refractivity contribution in [3.63, 3.8) is 0 Å². The zero-order valence-electron chi connectivity index (χ0n) is 21.8. The third-order valence-corrected chi connectivity index (χ3v) is 8.07. The van der Waals surface area contributed by atoms with E-state index in [1.54, 1.807) is 67.8 Å². The lowest BCUT2D eigenvalue weighted by molar-refractivity contribution is -0.132. The van der Waals surface area contributed by atoms with Crippen molar-refractivity contribution in [2.24, 2.45) is 0 Å². The number of Topliss-reactive ketones (excluding diaryl/α,β-unsaturated/α-hetero) is 1. The first-order chi connectivity index (χ1) is 19.9. The molecule has 1 aliphatic heterocycles. The van der Waals surface area contributed by atoms with Crippen molar-refractivity contribution in [2.45, 2.75) is 12.6 Å². The minimum Gasteiger partial charge on any atom is -0.507 e. The van der Waals surface area contributed by atoms with Crippen LogP contribution >= 0.6 is 22.9 Å². The molecule has 7 nitrogen and oxygen atoms in total. The lowest BCUT2D eigenvalue weighted by Crippen LogP contribution is -2.29. The minimum atomic E-state index is -0.920. The van der Waals surface area contributed by atoms with E-state index < -0.39 is 17.7 Å². The highest BCUT2D eigenvalue weighted by molar-refractivity contribution is 7.22. The monoisotopic (exact) mass is 582 g/mol. The molecule has 0 radical (unpaired) electrons. The molecule has 0 saturated carbocycles. The Morgan fingerprint density at radius 1 is 0.951 bits per heavy atom. The van der Waals surface area contributed by atoms with Crippen molar-refractivity contribution in [3.05, 3.63) is 124 Å². The standard InChI is InChI=1S/C32H23ClN2O5S/c1-39-24-15-16-25-26(17-24)41-32(34-25)35-28(20-9-13-23(14-10-20)40-18-19-5-3-2-4-6-19)27(30(37)31(35)38)29(36)21-7-11-22(33)12-8-21/h2-17,28,36H,18H2,1H3. The van der Waals surface area contributed by atoms with Crippen LogP contribution in [-0.2, 0) is 16.2 Å². The largest absolute Gasteiger partial charge is 0.507 e. The Balaban J connectivity index is 1.43. The molecule has 1 atom stereocenters. The maximum atomic E-state index is 13.5. The summed E-state index contributed by atoms with van der Waals surface area (Å²) in [7, 11) is 1.58. The van der Waals surface area contributed by atoms with E-state index in [-0.39, 0.29) is 11.3 Å². The second kappa shape index (κ2) is 11.1. The van der Waals surface area contributed by atoms with Gasteiger partial charge in [0.15, 0.2) is 5.13 Å². The molecular formula is C32H23ClN2O5S. The van der Waals surface area contributed by atoms with Crippen molar-refractivity contribution in [1.82, 2.24) is 4.98 Å². The Labute approximate surface area is 244 Å². The number of amides is 1. The smallest absolute Gasteiger partial charge is 0.301 e. The first-order valence-corrected chi connectivity index (χ1v) is 13.9. The quantitative estimate of drug-likeness (QED) is 0.124. The van der Waals surface area contributed by atoms with Gasteiger partial charge in [0.1, 0.15) is 23.9 Å². The van der Waals surface area contributed by atoms with E-state index in [2.05, 4.69) is 4.98 Å². The molecule has 9 heteroatoms. The lowest BCUT2D eigenvalue weighted by atomic mass is 9.95. The van der Waals surface area contributed by atoms with E-state index in [9.17, 15) is 14.7 Å². The first-order valence-electron chi connectivity index (χ1n) is 12.7. The predicted molar refractivity (Wildman–Crippen MR) is 160 cm³/mol. The molecule has 1 amide bonds. The number of halogens is 1. The van der Waals surface area contributed by atoms with Gasteiger partial charge in [-0.2, -0.15) is 0 Å². The normalized spacial score (nSPS) is 16.3. The van der Waals surface area contributed by atoms with Crippen LogP contribution in [-0.4, -0.2) is 28.9 Å². The summed E-state index contributed by atoms with van der Waals surface area (Å²) in [6.07, 6.45) is 0. The molecule has 0 bridgehead atoms. The molecule has 1 aromatic heterocycles. The van der Waals surface area contributed by atoms with Crippen LogP contribution in [0.2, 0.25) is 5.02 Å². The number of thiazole rings is 1. The fraction of sp³-hybridized carbons (Fsp3) is 0.0938. The van der Waals surface area contributed by atoms with Gasteiger partial charge >= 0.3 is 5.91 Å². The number of carbonyl (C=O) groups is 2. The second-order valence-electron chi connectivity index (χ2n) is 9.35. The van der Waals surface area contributed by atoms with E-state index in [0.717, 1.165) is 10.3 Å². The number of rotatable bonds is 7. The van der Waals surface area contributed by atoms with Crippen LogP contribution in [0.15, 0.2) is 103 Å². The van der Waals surface area contributed by atoms with Crippen LogP contribution < -0.4 is 14.4 Å². The van der Waals surface area contributed by atoms with Crippen LogP contribution in [0.25, 0.3) is 16.0 Å². The number of benzene rings is 4. The summed E-state index contributed by atoms with van der Waals surface area (Å²) in [6, 6.07) is 27.9. The van der Waals surface area contributed by atoms with Crippen LogP contribution in [0.5, 0.6) is 11.5 Å². The topological polar surface area (TPSA) is 89.0 Å². The first kappa shape index (κ1) is 26.6. The Kier molecular flexibility index (Phi) is 7.17. The summed E-state index contributed by atoms with van der Waals surface area (Å²) in [5.74, 6) is -0.594. The summed E-state index contributed by atoms with van der Waals surface area (Å²) in [4.78, 5) is 33.0. The van der Waals surface area contributed by atoms with Crippen molar-refractivity contribution in [1.29, 1.82) is 0 Å². The maximum absolute atomic E-state index is 13.5. The molecule has 1 saturated heterocycles. The van der Waals surface area contributed by atoms with Gasteiger partial charge in [-0.05, 0) is 65.7 Å². The highest BCUT2D eigenvalue weighted by atomic mass is 35.5. The maximum Gasteiger partial charge on any atom is 0.301 e. The van der Waals surface area contributed by atoms with Crippen LogP contribution in [0.3, 0.4) is 0 Å². The van der Waals surface area contributed by atoms with Crippen LogP contribution in [0, 0.1) is 0 Å². The number of hydrogen-bond donors (Lipinski definition) is 1. The lowest BCUT2D eigenvalue weighted by Gasteiger charge is -2.23. The molecule has 1 aliphatic rings. The summed E-state index contributed by atoms with van der Waals surface area (Å²) >= 11 is 7.30. The fourth-order valence-electron chi connectivity index (χ4n) is 4.72. The molecule has 6 rings (SSSR count). The Morgan fingerprint density at radius 2 is 1.66 bits per heavy atom. The third kappa shape index (κ3) is 5.15. The Bertz CT molecular complexity index is 1780. The Morgan fingerprint density at radius 3 is 2.37 bits per heavy atom. The average molecular weight is 583 g/mol. The molecule has 0 aliphatic carbocycles. The van der Waals surface area contributed by atoms with Crippen molar-refractivity contribution in [2.75, 3.05) is 12.0 Å². The summed E-state index contributed by atoms with van der Waals surface area (Å²) < 4.78 is 12.1. The van der Waals surface area contributed by atoms with Crippen LogP contribution in [0.4, 0.5) is 5.13 Å². The van der Waals surface area contributed by atoms with E-state index in [4.69, 9.17) is 21.1 Å². The van der Waals surface area contributed by atoms with Gasteiger partial charge in [0.2, 0.25) is 0 Å². The van der Waals surface area contributed by atoms with E-state index >= 15 is 0 Å². The van der Waals surface area contributed by atoms with Gasteiger partial charge in [0.05, 0.1) is 28.9 Å². The second-order valence-corrected chi connectivity index (χ2v) is 10.8. The number of ether oxygens (including phenoxy) is 2. The number of anilines is 1. The number of nitrogens with zero attached hydrogens (tertiary/aromatic N) is 2. The molecule has 2 heterocycles. The predicted octanol–water partition coefficient (Wildman–Crippen LogP) is 7.16. The van der Waals surface area contributed by atoms with Gasteiger partial charge in [-0.15, -0.1) is 0 Å². The number of hydrogen-bond acceptors (Lipinski definition) is 7. The van der Waals surface area contributed by atoms with Crippen molar-refractivity contribution >= 4 is 55.7 Å². The molecule has 204 valence electrons. The van der Waals surface area contributed by atoms with Crippen molar-refractivity contribution < 1.29 is 24.2 Å². The molecular weight excluding hydrogens is 560 g/mol. The fourth-order valence-corrected chi connectivity index (χ4v) is 5.87. The highest BCUT2D eigenvalue weighted by Gasteiger charge is 2.48. The van der Waals surface area contributed by atoms with E-state index in [1.165, 1.54) is 16.2 Å². The summed E-state index contributed by atoms with van der Waals surface area (Å²) in [5, 5.41) is 12.2. The van der Waals surface area contributed by atoms with Gasteiger partial charge in [-0.25, -0.2) is 4.98 Å². The van der Waals surface area contributed by atoms with E-state index in [0.29, 0.717) is 44.9 Å².